The summed E-state index contributed by atoms with van der Waals surface area (Å²) in [7, 11) is 0. The Kier molecular flexibility index (Phi) is 2.97. The molecule has 0 radical (unpaired) electrons. The van der Waals surface area contributed by atoms with Gasteiger partial charge in [0, 0.05) is 11.1 Å². The Morgan fingerprint density at radius 1 is 1.00 bits per heavy atom. The van der Waals surface area contributed by atoms with Crippen molar-refractivity contribution in [1.29, 1.82) is 0 Å². The molecule has 0 fully saturated rings. The van der Waals surface area contributed by atoms with Crippen molar-refractivity contribution < 1.29 is 5.11 Å². The van der Waals surface area contributed by atoms with E-state index in [1.807, 2.05) is 30.3 Å². The zero-order valence-electron chi connectivity index (χ0n) is 9.97. The largest absolute Gasteiger partial charge is 0.508 e. The van der Waals surface area contributed by atoms with Gasteiger partial charge in [0.2, 0.25) is 0 Å². The Hall–Kier alpha value is -2.26. The van der Waals surface area contributed by atoms with Crippen LogP contribution in [0.3, 0.4) is 0 Å². The summed E-state index contributed by atoms with van der Waals surface area (Å²) in [6.07, 6.45) is 0. The minimum Gasteiger partial charge on any atom is -0.508 e. The van der Waals surface area contributed by atoms with Crippen molar-refractivity contribution in [3.63, 3.8) is 0 Å². The first-order valence-corrected chi connectivity index (χ1v) is 6.21. The van der Waals surface area contributed by atoms with E-state index in [0.717, 1.165) is 16.5 Å². The summed E-state index contributed by atoms with van der Waals surface area (Å²) in [5.74, 6) is 0.934. The summed E-state index contributed by atoms with van der Waals surface area (Å²) < 4.78 is 0. The van der Waals surface area contributed by atoms with Crippen molar-refractivity contribution in [3.8, 4) is 5.75 Å². The van der Waals surface area contributed by atoms with Crippen molar-refractivity contribution in [3.05, 3.63) is 59.8 Å². The molecule has 0 spiro atoms. The van der Waals surface area contributed by atoms with Crippen LogP contribution < -0.4 is 5.32 Å². The van der Waals surface area contributed by atoms with Crippen LogP contribution in [-0.4, -0.2) is 10.1 Å². The number of halogens is 1. The summed E-state index contributed by atoms with van der Waals surface area (Å²) in [5.41, 5.74) is 0.845. The molecule has 1 heterocycles. The van der Waals surface area contributed by atoms with Crippen LogP contribution in [0.4, 0.5) is 11.5 Å². The first-order valence-electron chi connectivity index (χ1n) is 5.84. The van der Waals surface area contributed by atoms with Gasteiger partial charge in [-0.1, -0.05) is 35.9 Å². The van der Waals surface area contributed by atoms with Crippen LogP contribution in [0.1, 0.15) is 0 Å². The van der Waals surface area contributed by atoms with E-state index in [2.05, 4.69) is 10.3 Å². The molecule has 0 unspecified atom stereocenters. The molecule has 19 heavy (non-hydrogen) atoms. The molecule has 0 bridgehead atoms. The Morgan fingerprint density at radius 2 is 1.74 bits per heavy atom. The van der Waals surface area contributed by atoms with Crippen LogP contribution in [0.2, 0.25) is 5.15 Å². The van der Waals surface area contributed by atoms with Gasteiger partial charge in [-0.3, -0.25) is 0 Å². The second kappa shape index (κ2) is 4.78. The smallest absolute Gasteiger partial charge is 0.140 e. The predicted octanol–water partition coefficient (Wildman–Crippen LogP) is 4.34. The Balaban J connectivity index is 2.07. The second-order valence-corrected chi connectivity index (χ2v) is 4.57. The van der Waals surface area contributed by atoms with Crippen molar-refractivity contribution >= 4 is 33.9 Å². The third-order valence-electron chi connectivity index (χ3n) is 2.84. The monoisotopic (exact) mass is 270 g/mol. The molecule has 0 aliphatic rings. The molecule has 4 heteroatoms. The average Bonchev–Trinajstić information content (AvgIpc) is 2.41. The van der Waals surface area contributed by atoms with E-state index < -0.39 is 0 Å². The molecular weight excluding hydrogens is 260 g/mol. The molecule has 94 valence electrons. The fraction of sp³-hybridized carbons (Fsp3) is 0. The number of pyridine rings is 1. The lowest BCUT2D eigenvalue weighted by molar-refractivity contribution is 0.475. The predicted molar refractivity (Wildman–Crippen MR) is 78.1 cm³/mol. The molecule has 2 N–H and O–H groups in total. The Bertz CT molecular complexity index is 726. The summed E-state index contributed by atoms with van der Waals surface area (Å²) in [5, 5.41) is 15.0. The third kappa shape index (κ3) is 2.46. The first-order chi connectivity index (χ1) is 9.22. The fourth-order valence-electron chi connectivity index (χ4n) is 1.94. The molecule has 0 saturated carbocycles. The standard InChI is InChI=1S/C15H11ClN2O/c16-14-9-10-3-1-2-4-13(10)15(18-14)17-11-5-7-12(19)8-6-11/h1-9,19H,(H,17,18). The van der Waals surface area contributed by atoms with Gasteiger partial charge in [0.15, 0.2) is 0 Å². The number of phenols is 1. The number of fused-ring (bicyclic) bond motifs is 1. The molecule has 3 aromatic rings. The SMILES string of the molecule is Oc1ccc(Nc2nc(Cl)cc3ccccc23)cc1. The van der Waals surface area contributed by atoms with Crippen LogP contribution in [0.25, 0.3) is 10.8 Å². The van der Waals surface area contributed by atoms with Gasteiger partial charge in [-0.25, -0.2) is 4.98 Å². The zero-order valence-corrected chi connectivity index (χ0v) is 10.7. The normalized spacial score (nSPS) is 10.6. The van der Waals surface area contributed by atoms with Gasteiger partial charge in [-0.15, -0.1) is 0 Å². The van der Waals surface area contributed by atoms with Crippen molar-refractivity contribution in [1.82, 2.24) is 4.98 Å². The maximum Gasteiger partial charge on any atom is 0.140 e. The molecular formula is C15H11ClN2O. The van der Waals surface area contributed by atoms with Gasteiger partial charge in [-0.05, 0) is 35.7 Å². The molecule has 2 aromatic carbocycles. The number of benzene rings is 2. The average molecular weight is 271 g/mol. The highest BCUT2D eigenvalue weighted by atomic mass is 35.5. The molecule has 0 amide bonds. The van der Waals surface area contributed by atoms with Crippen molar-refractivity contribution in [2.24, 2.45) is 0 Å². The van der Waals surface area contributed by atoms with Gasteiger partial charge in [0.25, 0.3) is 0 Å². The zero-order chi connectivity index (χ0) is 13.2. The summed E-state index contributed by atoms with van der Waals surface area (Å²) in [6.45, 7) is 0. The summed E-state index contributed by atoms with van der Waals surface area (Å²) >= 11 is 6.02. The lowest BCUT2D eigenvalue weighted by Crippen LogP contribution is -1.95. The van der Waals surface area contributed by atoms with Crippen molar-refractivity contribution in [2.75, 3.05) is 5.32 Å². The van der Waals surface area contributed by atoms with Gasteiger partial charge in [-0.2, -0.15) is 0 Å². The summed E-state index contributed by atoms with van der Waals surface area (Å²) in [6, 6.07) is 16.5. The van der Waals surface area contributed by atoms with Crippen LogP contribution in [0, 0.1) is 0 Å². The number of rotatable bonds is 2. The number of aromatic hydroxyl groups is 1. The molecule has 1 aromatic heterocycles. The minimum absolute atomic E-state index is 0.231. The molecule has 0 aliphatic heterocycles. The lowest BCUT2D eigenvalue weighted by atomic mass is 10.1. The van der Waals surface area contributed by atoms with Crippen molar-refractivity contribution in [2.45, 2.75) is 0 Å². The highest BCUT2D eigenvalue weighted by Gasteiger charge is 2.05. The quantitative estimate of drug-likeness (QED) is 0.538. The van der Waals surface area contributed by atoms with E-state index >= 15 is 0 Å². The van der Waals surface area contributed by atoms with Crippen LogP contribution in [0.5, 0.6) is 5.75 Å². The van der Waals surface area contributed by atoms with Gasteiger partial charge < -0.3 is 10.4 Å². The minimum atomic E-state index is 0.231. The molecule has 3 rings (SSSR count). The highest BCUT2D eigenvalue weighted by molar-refractivity contribution is 6.30. The number of aromatic nitrogens is 1. The van der Waals surface area contributed by atoms with Crippen LogP contribution in [-0.2, 0) is 0 Å². The number of hydrogen-bond donors (Lipinski definition) is 2. The molecule has 0 atom stereocenters. The van der Waals surface area contributed by atoms with Gasteiger partial charge >= 0.3 is 0 Å². The number of nitrogens with zero attached hydrogens (tertiary/aromatic N) is 1. The molecule has 3 nitrogen and oxygen atoms in total. The van der Waals surface area contributed by atoms with E-state index in [-0.39, 0.29) is 5.75 Å². The topological polar surface area (TPSA) is 45.1 Å². The van der Waals surface area contributed by atoms with E-state index in [9.17, 15) is 5.11 Å². The van der Waals surface area contributed by atoms with Crippen LogP contribution >= 0.6 is 11.6 Å². The maximum atomic E-state index is 9.27. The first kappa shape index (κ1) is 11.8. The third-order valence-corrected chi connectivity index (χ3v) is 3.03. The van der Waals surface area contributed by atoms with E-state index in [0.29, 0.717) is 11.0 Å². The van der Waals surface area contributed by atoms with E-state index in [1.165, 1.54) is 0 Å². The lowest BCUT2D eigenvalue weighted by Gasteiger charge is -2.09. The van der Waals surface area contributed by atoms with Gasteiger partial charge in [0.1, 0.15) is 16.7 Å². The Labute approximate surface area is 115 Å². The number of nitrogens with one attached hydrogen (secondary N) is 1. The molecule has 0 aliphatic carbocycles. The number of anilines is 2. The fourth-order valence-corrected chi connectivity index (χ4v) is 2.14. The maximum absolute atomic E-state index is 9.27. The number of phenolic OH excluding ortho intramolecular Hbond substituents is 1. The Morgan fingerprint density at radius 3 is 2.53 bits per heavy atom. The van der Waals surface area contributed by atoms with E-state index in [1.54, 1.807) is 24.3 Å². The van der Waals surface area contributed by atoms with Gasteiger partial charge in [0.05, 0.1) is 0 Å². The number of hydrogen-bond acceptors (Lipinski definition) is 3. The highest BCUT2D eigenvalue weighted by Crippen LogP contribution is 2.27. The second-order valence-electron chi connectivity index (χ2n) is 4.19. The van der Waals surface area contributed by atoms with E-state index in [4.69, 9.17) is 11.6 Å². The van der Waals surface area contributed by atoms with Crippen LogP contribution in [0.15, 0.2) is 54.6 Å². The summed E-state index contributed by atoms with van der Waals surface area (Å²) in [4.78, 5) is 4.31. The molecule has 0 saturated heterocycles.